The zero-order chi connectivity index (χ0) is 12.6. The van der Waals surface area contributed by atoms with E-state index in [2.05, 4.69) is 0 Å². The van der Waals surface area contributed by atoms with Crippen LogP contribution in [0.2, 0.25) is 0 Å². The summed E-state index contributed by atoms with van der Waals surface area (Å²) in [6, 6.07) is 3.33. The lowest BCUT2D eigenvalue weighted by molar-refractivity contribution is 0.172. The third kappa shape index (κ3) is 2.37. The predicted octanol–water partition coefficient (Wildman–Crippen LogP) is 0.709. The topological polar surface area (TPSA) is 78.6 Å². The van der Waals surface area contributed by atoms with Gasteiger partial charge in [-0.1, -0.05) is 6.07 Å². The van der Waals surface area contributed by atoms with Crippen LogP contribution in [0.1, 0.15) is 12.5 Å². The Balaban J connectivity index is 2.61. The number of sulfone groups is 1. The summed E-state index contributed by atoms with van der Waals surface area (Å²) in [5.41, 5.74) is 6.39. The van der Waals surface area contributed by atoms with Crippen molar-refractivity contribution in [2.24, 2.45) is 5.73 Å². The molecule has 0 amide bonds. The molecule has 2 rings (SSSR count). The highest BCUT2D eigenvalue weighted by Crippen LogP contribution is 2.40. The van der Waals surface area contributed by atoms with Gasteiger partial charge >= 0.3 is 0 Å². The average Bonchev–Trinajstić information content (AvgIpc) is 2.61. The molecule has 1 heterocycles. The van der Waals surface area contributed by atoms with E-state index in [-0.39, 0.29) is 17.7 Å². The lowest BCUT2D eigenvalue weighted by atomic mass is 10.1. The van der Waals surface area contributed by atoms with Gasteiger partial charge in [-0.3, -0.25) is 0 Å². The lowest BCUT2D eigenvalue weighted by Gasteiger charge is -2.12. The molecule has 0 radical (unpaired) electrons. The van der Waals surface area contributed by atoms with Gasteiger partial charge in [-0.15, -0.1) is 0 Å². The van der Waals surface area contributed by atoms with E-state index in [1.54, 1.807) is 12.1 Å². The molecule has 0 saturated carbocycles. The number of nitrogens with two attached hydrogens (primary N) is 1. The summed E-state index contributed by atoms with van der Waals surface area (Å²) < 4.78 is 34.0. The summed E-state index contributed by atoms with van der Waals surface area (Å²) in [5.74, 6) is 0.782. The van der Waals surface area contributed by atoms with Gasteiger partial charge in [0, 0.05) is 12.3 Å². The van der Waals surface area contributed by atoms with Crippen LogP contribution in [0, 0.1) is 0 Å². The SMILES string of the molecule is CC(N)Cc1ccc2c(c1S(C)(=O)=O)OCO2. The second-order valence-electron chi connectivity index (χ2n) is 4.24. The molecule has 0 saturated heterocycles. The molecule has 17 heavy (non-hydrogen) atoms. The number of fused-ring (bicyclic) bond motifs is 1. The summed E-state index contributed by atoms with van der Waals surface area (Å²) in [4.78, 5) is 0.199. The Hall–Kier alpha value is -1.27. The van der Waals surface area contributed by atoms with Crippen molar-refractivity contribution in [2.75, 3.05) is 13.0 Å². The number of hydrogen-bond donors (Lipinski definition) is 1. The van der Waals surface area contributed by atoms with Gasteiger partial charge in [0.15, 0.2) is 21.3 Å². The van der Waals surface area contributed by atoms with Gasteiger partial charge in [0.05, 0.1) is 0 Å². The smallest absolute Gasteiger partial charge is 0.231 e. The molecule has 1 aliphatic rings. The summed E-state index contributed by atoms with van der Waals surface area (Å²) in [5, 5.41) is 0. The molecule has 0 spiro atoms. The monoisotopic (exact) mass is 257 g/mol. The van der Waals surface area contributed by atoms with Gasteiger partial charge in [0.25, 0.3) is 0 Å². The molecule has 1 atom stereocenters. The van der Waals surface area contributed by atoms with E-state index < -0.39 is 9.84 Å². The first-order chi connectivity index (χ1) is 7.89. The molecule has 0 fully saturated rings. The molecule has 0 bridgehead atoms. The zero-order valence-electron chi connectivity index (χ0n) is 9.76. The molecule has 1 aromatic rings. The van der Waals surface area contributed by atoms with E-state index in [0.29, 0.717) is 23.5 Å². The minimum atomic E-state index is -3.36. The van der Waals surface area contributed by atoms with Crippen molar-refractivity contribution in [1.82, 2.24) is 0 Å². The number of benzene rings is 1. The third-order valence-electron chi connectivity index (χ3n) is 2.49. The molecule has 1 aliphatic heterocycles. The Morgan fingerprint density at radius 2 is 2.12 bits per heavy atom. The first kappa shape index (κ1) is 12.2. The summed E-state index contributed by atoms with van der Waals surface area (Å²) in [6.07, 6.45) is 1.65. The van der Waals surface area contributed by atoms with Crippen LogP contribution >= 0.6 is 0 Å². The van der Waals surface area contributed by atoms with Crippen molar-refractivity contribution in [3.8, 4) is 11.5 Å². The van der Waals surface area contributed by atoms with E-state index in [1.807, 2.05) is 6.92 Å². The van der Waals surface area contributed by atoms with E-state index >= 15 is 0 Å². The standard InChI is InChI=1S/C11H15NO4S/c1-7(12)5-8-3-4-9-10(16-6-15-9)11(8)17(2,13)14/h3-4,7H,5-6,12H2,1-2H3. The molecule has 6 heteroatoms. The van der Waals surface area contributed by atoms with Crippen LogP contribution in [-0.2, 0) is 16.3 Å². The van der Waals surface area contributed by atoms with Gasteiger partial charge in [-0.2, -0.15) is 0 Å². The average molecular weight is 257 g/mol. The largest absolute Gasteiger partial charge is 0.454 e. The van der Waals surface area contributed by atoms with Gasteiger partial charge in [0.2, 0.25) is 6.79 Å². The highest BCUT2D eigenvalue weighted by molar-refractivity contribution is 7.90. The zero-order valence-corrected chi connectivity index (χ0v) is 10.6. The highest BCUT2D eigenvalue weighted by Gasteiger charge is 2.27. The van der Waals surface area contributed by atoms with Crippen LogP contribution in [0.25, 0.3) is 0 Å². The molecule has 1 unspecified atom stereocenters. The normalized spacial score (nSPS) is 15.9. The maximum absolute atomic E-state index is 11.8. The minimum Gasteiger partial charge on any atom is -0.454 e. The second-order valence-corrected chi connectivity index (χ2v) is 6.19. The Kier molecular flexibility index (Phi) is 3.01. The number of rotatable bonds is 3. The summed E-state index contributed by atoms with van der Waals surface area (Å²) in [7, 11) is -3.36. The minimum absolute atomic E-state index is 0.0550. The second kappa shape index (κ2) is 4.19. The van der Waals surface area contributed by atoms with E-state index in [1.165, 1.54) is 0 Å². The molecule has 1 aromatic carbocycles. The maximum Gasteiger partial charge on any atom is 0.231 e. The molecule has 94 valence electrons. The van der Waals surface area contributed by atoms with Gasteiger partial charge in [-0.25, -0.2) is 8.42 Å². The Labute approximate surface area is 100 Å². The first-order valence-electron chi connectivity index (χ1n) is 5.26. The molecule has 5 nitrogen and oxygen atoms in total. The van der Waals surface area contributed by atoms with Crippen molar-refractivity contribution >= 4 is 9.84 Å². The van der Waals surface area contributed by atoms with Gasteiger partial charge in [0.1, 0.15) is 4.90 Å². The third-order valence-corrected chi connectivity index (χ3v) is 3.68. The molecule has 0 aliphatic carbocycles. The van der Waals surface area contributed by atoms with E-state index in [9.17, 15) is 8.42 Å². The van der Waals surface area contributed by atoms with Crippen LogP contribution in [0.5, 0.6) is 11.5 Å². The Morgan fingerprint density at radius 1 is 1.41 bits per heavy atom. The molecular formula is C11H15NO4S. The fourth-order valence-corrected chi connectivity index (χ4v) is 3.03. The van der Waals surface area contributed by atoms with E-state index in [4.69, 9.17) is 15.2 Å². The van der Waals surface area contributed by atoms with Gasteiger partial charge < -0.3 is 15.2 Å². The Bertz CT molecular complexity index is 537. The lowest BCUT2D eigenvalue weighted by Crippen LogP contribution is -2.19. The van der Waals surface area contributed by atoms with Crippen molar-refractivity contribution in [1.29, 1.82) is 0 Å². The van der Waals surface area contributed by atoms with Crippen molar-refractivity contribution in [3.63, 3.8) is 0 Å². The molecule has 2 N–H and O–H groups in total. The van der Waals surface area contributed by atoms with Crippen LogP contribution < -0.4 is 15.2 Å². The van der Waals surface area contributed by atoms with Crippen LogP contribution in [0.3, 0.4) is 0 Å². The fraction of sp³-hybridized carbons (Fsp3) is 0.455. The van der Waals surface area contributed by atoms with Crippen LogP contribution in [0.4, 0.5) is 0 Å². The quantitative estimate of drug-likeness (QED) is 0.862. The van der Waals surface area contributed by atoms with Gasteiger partial charge in [-0.05, 0) is 25.0 Å². The van der Waals surface area contributed by atoms with E-state index in [0.717, 1.165) is 6.26 Å². The van der Waals surface area contributed by atoms with Crippen LogP contribution in [0.15, 0.2) is 17.0 Å². The van der Waals surface area contributed by atoms with Crippen LogP contribution in [-0.4, -0.2) is 27.5 Å². The van der Waals surface area contributed by atoms with Crippen molar-refractivity contribution in [3.05, 3.63) is 17.7 Å². The maximum atomic E-state index is 11.8. The highest BCUT2D eigenvalue weighted by atomic mass is 32.2. The molecule has 0 aromatic heterocycles. The predicted molar refractivity (Wildman–Crippen MR) is 63.0 cm³/mol. The summed E-state index contributed by atoms with van der Waals surface area (Å²) >= 11 is 0. The van der Waals surface area contributed by atoms with Crippen molar-refractivity contribution < 1.29 is 17.9 Å². The summed E-state index contributed by atoms with van der Waals surface area (Å²) in [6.45, 7) is 1.89. The Morgan fingerprint density at radius 3 is 2.71 bits per heavy atom. The fourth-order valence-electron chi connectivity index (χ4n) is 1.90. The first-order valence-corrected chi connectivity index (χ1v) is 7.16. The molecular weight excluding hydrogens is 242 g/mol. The number of ether oxygens (including phenoxy) is 2. The number of hydrogen-bond acceptors (Lipinski definition) is 5. The van der Waals surface area contributed by atoms with Crippen molar-refractivity contribution in [2.45, 2.75) is 24.3 Å².